The topological polar surface area (TPSA) is 58.2 Å². The summed E-state index contributed by atoms with van der Waals surface area (Å²) >= 11 is 0. The van der Waals surface area contributed by atoms with Crippen LogP contribution in [0.25, 0.3) is 0 Å². The molecule has 1 aromatic rings. The number of carbonyl (C=O) groups excluding carboxylic acids is 2. The Labute approximate surface area is 112 Å². The molecule has 1 heterocycles. The highest BCUT2D eigenvalue weighted by molar-refractivity contribution is 6.23. The van der Waals surface area contributed by atoms with Crippen LogP contribution in [0, 0.1) is 5.92 Å². The van der Waals surface area contributed by atoms with E-state index in [4.69, 9.17) is 0 Å². The van der Waals surface area contributed by atoms with Gasteiger partial charge in [0.25, 0.3) is 11.8 Å². The van der Waals surface area contributed by atoms with E-state index in [1.165, 1.54) is 12.8 Å². The molecular formula is C15H18N2O2. The van der Waals surface area contributed by atoms with Crippen molar-refractivity contribution in [2.75, 3.05) is 5.32 Å². The third-order valence-electron chi connectivity index (χ3n) is 4.06. The molecule has 2 amide bonds. The second kappa shape index (κ2) is 4.68. The number of hydrogen-bond acceptors (Lipinski definition) is 3. The van der Waals surface area contributed by atoms with E-state index < -0.39 is 0 Å². The van der Waals surface area contributed by atoms with E-state index in [1.807, 2.05) is 12.1 Å². The summed E-state index contributed by atoms with van der Waals surface area (Å²) in [5.41, 5.74) is 1.78. The molecule has 1 saturated carbocycles. The molecule has 0 radical (unpaired) electrons. The molecule has 100 valence electrons. The second-order valence-electron chi connectivity index (χ2n) is 5.62. The fraction of sp³-hybridized carbons (Fsp3) is 0.467. The van der Waals surface area contributed by atoms with E-state index in [1.54, 1.807) is 6.07 Å². The van der Waals surface area contributed by atoms with Crippen LogP contribution in [0.1, 0.15) is 53.3 Å². The Morgan fingerprint density at radius 1 is 1.21 bits per heavy atom. The Kier molecular flexibility index (Phi) is 3.01. The first-order valence-electron chi connectivity index (χ1n) is 6.90. The third-order valence-corrected chi connectivity index (χ3v) is 4.06. The van der Waals surface area contributed by atoms with E-state index in [-0.39, 0.29) is 11.8 Å². The standard InChI is InChI=1S/C15H18N2O2/c1-9-4-2-5-10(8-9)16-12-7-3-6-11-13(12)15(19)17-14(11)18/h3,6-7,9-10,16H,2,4-5,8H2,1H3,(H,17,18,19). The van der Waals surface area contributed by atoms with Crippen LogP contribution in [-0.4, -0.2) is 17.9 Å². The Morgan fingerprint density at radius 3 is 2.84 bits per heavy atom. The Morgan fingerprint density at radius 2 is 2.05 bits per heavy atom. The first-order chi connectivity index (χ1) is 9.15. The summed E-state index contributed by atoms with van der Waals surface area (Å²) in [6.45, 7) is 2.26. The zero-order valence-corrected chi connectivity index (χ0v) is 11.0. The van der Waals surface area contributed by atoms with Crippen molar-refractivity contribution in [3.8, 4) is 0 Å². The molecule has 1 fully saturated rings. The predicted molar refractivity (Wildman–Crippen MR) is 73.3 cm³/mol. The van der Waals surface area contributed by atoms with Crippen LogP contribution in [0.2, 0.25) is 0 Å². The lowest BCUT2D eigenvalue weighted by molar-refractivity contribution is 0.0880. The van der Waals surface area contributed by atoms with Gasteiger partial charge in [-0.25, -0.2) is 0 Å². The van der Waals surface area contributed by atoms with Crippen LogP contribution in [0.5, 0.6) is 0 Å². The molecule has 4 heteroatoms. The molecule has 2 atom stereocenters. The van der Waals surface area contributed by atoms with Crippen LogP contribution in [0.4, 0.5) is 5.69 Å². The molecule has 2 unspecified atom stereocenters. The average Bonchev–Trinajstić information content (AvgIpc) is 2.66. The zero-order chi connectivity index (χ0) is 13.4. The van der Waals surface area contributed by atoms with Crippen molar-refractivity contribution in [2.45, 2.75) is 38.6 Å². The van der Waals surface area contributed by atoms with Gasteiger partial charge in [0.1, 0.15) is 0 Å². The normalized spacial score (nSPS) is 25.9. The fourth-order valence-corrected chi connectivity index (χ4v) is 3.12. The Hall–Kier alpha value is -1.84. The van der Waals surface area contributed by atoms with Gasteiger partial charge >= 0.3 is 0 Å². The van der Waals surface area contributed by atoms with E-state index in [0.717, 1.165) is 24.4 Å². The van der Waals surface area contributed by atoms with E-state index >= 15 is 0 Å². The maximum atomic E-state index is 11.8. The summed E-state index contributed by atoms with van der Waals surface area (Å²) in [5.74, 6) is 0.145. The van der Waals surface area contributed by atoms with Crippen LogP contribution >= 0.6 is 0 Å². The van der Waals surface area contributed by atoms with Gasteiger partial charge in [0.05, 0.1) is 11.1 Å². The lowest BCUT2D eigenvalue weighted by atomic mass is 9.87. The molecule has 0 bridgehead atoms. The third kappa shape index (κ3) is 2.23. The number of carbonyl (C=O) groups is 2. The highest BCUT2D eigenvalue weighted by Crippen LogP contribution is 2.29. The van der Waals surface area contributed by atoms with Gasteiger partial charge in [0, 0.05) is 11.7 Å². The Balaban J connectivity index is 1.86. The highest BCUT2D eigenvalue weighted by Gasteiger charge is 2.30. The van der Waals surface area contributed by atoms with Crippen molar-refractivity contribution >= 4 is 17.5 Å². The van der Waals surface area contributed by atoms with Crippen LogP contribution < -0.4 is 10.6 Å². The van der Waals surface area contributed by atoms with Gasteiger partial charge in [-0.1, -0.05) is 25.8 Å². The molecule has 19 heavy (non-hydrogen) atoms. The number of amides is 2. The van der Waals surface area contributed by atoms with E-state index in [0.29, 0.717) is 17.2 Å². The van der Waals surface area contributed by atoms with Gasteiger partial charge in [-0.3, -0.25) is 14.9 Å². The van der Waals surface area contributed by atoms with Crippen LogP contribution in [0.3, 0.4) is 0 Å². The van der Waals surface area contributed by atoms with Gasteiger partial charge < -0.3 is 5.32 Å². The van der Waals surface area contributed by atoms with Crippen molar-refractivity contribution < 1.29 is 9.59 Å². The lowest BCUT2D eigenvalue weighted by Gasteiger charge is -2.28. The minimum atomic E-state index is -0.291. The number of fused-ring (bicyclic) bond motifs is 1. The Bertz CT molecular complexity index is 539. The molecule has 0 aromatic heterocycles. The average molecular weight is 258 g/mol. The predicted octanol–water partition coefficient (Wildman–Crippen LogP) is 2.56. The number of hydrogen-bond donors (Lipinski definition) is 2. The first kappa shape index (κ1) is 12.2. The monoisotopic (exact) mass is 258 g/mol. The summed E-state index contributed by atoms with van der Waals surface area (Å²) in [6, 6.07) is 5.81. The van der Waals surface area contributed by atoms with Gasteiger partial charge in [-0.05, 0) is 30.9 Å². The SMILES string of the molecule is CC1CCCC(Nc2cccc3c2C(=O)NC3=O)C1. The van der Waals surface area contributed by atoms with Crippen LogP contribution in [0.15, 0.2) is 18.2 Å². The highest BCUT2D eigenvalue weighted by atomic mass is 16.2. The summed E-state index contributed by atoms with van der Waals surface area (Å²) in [5, 5.41) is 5.80. The van der Waals surface area contributed by atoms with Gasteiger partial charge in [-0.15, -0.1) is 0 Å². The smallest absolute Gasteiger partial charge is 0.261 e. The summed E-state index contributed by atoms with van der Waals surface area (Å²) in [7, 11) is 0. The number of nitrogens with one attached hydrogen (secondary N) is 2. The number of imide groups is 1. The van der Waals surface area contributed by atoms with Crippen molar-refractivity contribution in [1.29, 1.82) is 0 Å². The molecule has 0 saturated heterocycles. The van der Waals surface area contributed by atoms with Crippen molar-refractivity contribution in [3.05, 3.63) is 29.3 Å². The number of rotatable bonds is 2. The molecule has 2 N–H and O–H groups in total. The molecule has 2 aliphatic rings. The number of benzene rings is 1. The van der Waals surface area contributed by atoms with Crippen molar-refractivity contribution in [2.24, 2.45) is 5.92 Å². The molecule has 4 nitrogen and oxygen atoms in total. The minimum absolute atomic E-state index is 0.285. The van der Waals surface area contributed by atoms with Gasteiger partial charge in [-0.2, -0.15) is 0 Å². The molecular weight excluding hydrogens is 240 g/mol. The number of anilines is 1. The van der Waals surface area contributed by atoms with E-state index in [9.17, 15) is 9.59 Å². The summed E-state index contributed by atoms with van der Waals surface area (Å²) in [4.78, 5) is 23.4. The van der Waals surface area contributed by atoms with Crippen molar-refractivity contribution in [1.82, 2.24) is 5.32 Å². The molecule has 0 spiro atoms. The molecule has 1 aromatic carbocycles. The largest absolute Gasteiger partial charge is 0.382 e. The summed E-state index contributed by atoms with van der Waals surface area (Å²) in [6.07, 6.45) is 4.76. The second-order valence-corrected chi connectivity index (χ2v) is 5.62. The van der Waals surface area contributed by atoms with Crippen LogP contribution in [-0.2, 0) is 0 Å². The minimum Gasteiger partial charge on any atom is -0.382 e. The quantitative estimate of drug-likeness (QED) is 0.801. The first-order valence-corrected chi connectivity index (χ1v) is 6.90. The van der Waals surface area contributed by atoms with E-state index in [2.05, 4.69) is 17.6 Å². The molecule has 1 aliphatic heterocycles. The zero-order valence-electron chi connectivity index (χ0n) is 11.0. The molecule has 3 rings (SSSR count). The molecule has 1 aliphatic carbocycles. The lowest BCUT2D eigenvalue weighted by Crippen LogP contribution is -2.27. The van der Waals surface area contributed by atoms with Gasteiger partial charge in [0.15, 0.2) is 0 Å². The van der Waals surface area contributed by atoms with Gasteiger partial charge in [0.2, 0.25) is 0 Å². The van der Waals surface area contributed by atoms with Crippen molar-refractivity contribution in [3.63, 3.8) is 0 Å². The summed E-state index contributed by atoms with van der Waals surface area (Å²) < 4.78 is 0. The fourth-order valence-electron chi connectivity index (χ4n) is 3.12. The maximum absolute atomic E-state index is 11.8. The maximum Gasteiger partial charge on any atom is 0.261 e.